The molecule has 4 aromatic rings. The number of rotatable bonds is 7. The van der Waals surface area contributed by atoms with Crippen LogP contribution in [0.3, 0.4) is 0 Å². The van der Waals surface area contributed by atoms with Crippen molar-refractivity contribution in [2.75, 3.05) is 13.7 Å². The summed E-state index contributed by atoms with van der Waals surface area (Å²) in [5.74, 6) is 2.23. The van der Waals surface area contributed by atoms with Gasteiger partial charge in [0, 0.05) is 30.9 Å². The molecular formula is C24H25N3O2. The number of para-hydroxylation sites is 1. The van der Waals surface area contributed by atoms with E-state index < -0.39 is 0 Å². The van der Waals surface area contributed by atoms with Gasteiger partial charge in [-0.05, 0) is 50.0 Å². The first-order chi connectivity index (χ1) is 14.2. The van der Waals surface area contributed by atoms with Gasteiger partial charge in [0.25, 0.3) is 0 Å². The lowest BCUT2D eigenvalue weighted by Crippen LogP contribution is -2.18. The number of hydrogen-bond donors (Lipinski definition) is 0. The molecule has 0 unspecified atom stereocenters. The van der Waals surface area contributed by atoms with Crippen LogP contribution >= 0.6 is 0 Å². The average Bonchev–Trinajstić information content (AvgIpc) is 3.09. The van der Waals surface area contributed by atoms with E-state index in [-0.39, 0.29) is 0 Å². The fourth-order valence-electron chi connectivity index (χ4n) is 3.54. The van der Waals surface area contributed by atoms with Gasteiger partial charge in [-0.2, -0.15) is 0 Å². The van der Waals surface area contributed by atoms with Crippen molar-refractivity contribution in [1.82, 2.24) is 14.9 Å². The van der Waals surface area contributed by atoms with E-state index in [1.54, 1.807) is 0 Å². The number of hydrogen-bond acceptors (Lipinski definition) is 5. The smallest absolute Gasteiger partial charge is 0.230 e. The molecule has 29 heavy (non-hydrogen) atoms. The van der Waals surface area contributed by atoms with Gasteiger partial charge in [0.05, 0.1) is 17.9 Å². The highest BCUT2D eigenvalue weighted by Crippen LogP contribution is 2.31. The quantitative estimate of drug-likeness (QED) is 0.435. The van der Waals surface area contributed by atoms with Gasteiger partial charge in [0.1, 0.15) is 11.5 Å². The molecule has 4 rings (SSSR count). The minimum atomic E-state index is 0.603. The van der Waals surface area contributed by atoms with Crippen LogP contribution in [-0.4, -0.2) is 28.5 Å². The Balaban J connectivity index is 1.54. The Hall–Kier alpha value is -3.18. The number of nitrogens with zero attached hydrogens (tertiary/aromatic N) is 3. The van der Waals surface area contributed by atoms with E-state index in [9.17, 15) is 0 Å². The van der Waals surface area contributed by atoms with E-state index in [4.69, 9.17) is 14.1 Å². The second-order valence-electron chi connectivity index (χ2n) is 7.14. The molecule has 0 atom stereocenters. The first-order valence-electron chi connectivity index (χ1n) is 9.84. The third-order valence-corrected chi connectivity index (χ3v) is 4.94. The van der Waals surface area contributed by atoms with Gasteiger partial charge in [-0.15, -0.1) is 0 Å². The van der Waals surface area contributed by atoms with Crippen LogP contribution in [0.4, 0.5) is 0 Å². The molecule has 148 valence electrons. The first-order valence-corrected chi connectivity index (χ1v) is 9.84. The van der Waals surface area contributed by atoms with Gasteiger partial charge in [0.15, 0.2) is 0 Å². The van der Waals surface area contributed by atoms with Crippen LogP contribution < -0.4 is 4.74 Å². The molecule has 0 aliphatic heterocycles. The van der Waals surface area contributed by atoms with Crippen molar-refractivity contribution in [1.29, 1.82) is 0 Å². The Morgan fingerprint density at radius 2 is 1.90 bits per heavy atom. The monoisotopic (exact) mass is 387 g/mol. The summed E-state index contributed by atoms with van der Waals surface area (Å²) in [6.07, 6.45) is 3.75. The highest BCUT2D eigenvalue weighted by molar-refractivity contribution is 5.84. The minimum absolute atomic E-state index is 0.603. The molecule has 0 saturated carbocycles. The molecule has 2 heterocycles. The van der Waals surface area contributed by atoms with Gasteiger partial charge < -0.3 is 9.15 Å². The van der Waals surface area contributed by atoms with Crippen LogP contribution in [0.1, 0.15) is 23.9 Å². The van der Waals surface area contributed by atoms with Crippen LogP contribution in [0.25, 0.3) is 22.2 Å². The summed E-state index contributed by atoms with van der Waals surface area (Å²) < 4.78 is 11.7. The maximum atomic E-state index is 5.98. The molecule has 2 aromatic carbocycles. The number of pyridine rings is 1. The van der Waals surface area contributed by atoms with Crippen LogP contribution in [0.5, 0.6) is 5.75 Å². The number of fused-ring (bicyclic) bond motifs is 1. The zero-order valence-corrected chi connectivity index (χ0v) is 17.1. The van der Waals surface area contributed by atoms with E-state index in [1.807, 2.05) is 50.5 Å². The van der Waals surface area contributed by atoms with E-state index in [0.717, 1.165) is 34.7 Å². The topological polar surface area (TPSA) is 51.4 Å². The van der Waals surface area contributed by atoms with Crippen LogP contribution in [0, 0.1) is 6.92 Å². The molecule has 0 saturated heterocycles. The predicted octanol–water partition coefficient (Wildman–Crippen LogP) is 5.23. The molecular weight excluding hydrogens is 362 g/mol. The lowest BCUT2D eigenvalue weighted by molar-refractivity contribution is 0.314. The normalized spacial score (nSPS) is 11.3. The lowest BCUT2D eigenvalue weighted by Gasteiger charge is -2.17. The SMILES string of the molecule is CCOc1ccccc1-c1nc(CN(C)Cc2cccc3cnccc23)c(C)o1. The van der Waals surface area contributed by atoms with Gasteiger partial charge >= 0.3 is 0 Å². The maximum absolute atomic E-state index is 5.98. The third kappa shape index (κ3) is 4.15. The summed E-state index contributed by atoms with van der Waals surface area (Å²) in [7, 11) is 2.10. The summed E-state index contributed by atoms with van der Waals surface area (Å²) in [5.41, 5.74) is 3.10. The number of benzene rings is 2. The van der Waals surface area contributed by atoms with E-state index in [1.165, 1.54) is 10.9 Å². The van der Waals surface area contributed by atoms with Crippen molar-refractivity contribution < 1.29 is 9.15 Å². The molecule has 0 bridgehead atoms. The largest absolute Gasteiger partial charge is 0.493 e. The summed E-state index contributed by atoms with van der Waals surface area (Å²) in [6, 6.07) is 16.3. The summed E-state index contributed by atoms with van der Waals surface area (Å²) in [4.78, 5) is 11.2. The number of aryl methyl sites for hydroxylation is 1. The molecule has 0 amide bonds. The summed E-state index contributed by atoms with van der Waals surface area (Å²) in [5, 5.41) is 2.39. The predicted molar refractivity (Wildman–Crippen MR) is 115 cm³/mol. The van der Waals surface area contributed by atoms with Gasteiger partial charge in [-0.25, -0.2) is 4.98 Å². The number of oxazole rings is 1. The van der Waals surface area contributed by atoms with Gasteiger partial charge in [-0.3, -0.25) is 9.88 Å². The standard InChI is InChI=1S/C24H25N3O2/c1-4-28-23-11-6-5-10-21(23)24-26-22(17(2)29-24)16-27(3)15-19-9-7-8-18-14-25-13-12-20(18)19/h5-14H,4,15-16H2,1-3H3. The Morgan fingerprint density at radius 1 is 1.03 bits per heavy atom. The minimum Gasteiger partial charge on any atom is -0.493 e. The van der Waals surface area contributed by atoms with Crippen molar-refractivity contribution in [2.45, 2.75) is 26.9 Å². The fraction of sp³-hybridized carbons (Fsp3) is 0.250. The second-order valence-corrected chi connectivity index (χ2v) is 7.14. The molecule has 0 aliphatic rings. The van der Waals surface area contributed by atoms with E-state index in [0.29, 0.717) is 19.0 Å². The summed E-state index contributed by atoms with van der Waals surface area (Å²) >= 11 is 0. The van der Waals surface area contributed by atoms with Crippen LogP contribution in [-0.2, 0) is 13.1 Å². The third-order valence-electron chi connectivity index (χ3n) is 4.94. The van der Waals surface area contributed by atoms with E-state index >= 15 is 0 Å². The maximum Gasteiger partial charge on any atom is 0.230 e. The lowest BCUT2D eigenvalue weighted by atomic mass is 10.1. The van der Waals surface area contributed by atoms with Crippen LogP contribution in [0.15, 0.2) is 65.3 Å². The Morgan fingerprint density at radius 3 is 2.76 bits per heavy atom. The molecule has 0 fully saturated rings. The Bertz CT molecular complexity index is 1110. The molecule has 2 aromatic heterocycles. The molecule has 0 spiro atoms. The fourth-order valence-corrected chi connectivity index (χ4v) is 3.54. The molecule has 0 aliphatic carbocycles. The Labute approximate surface area is 171 Å². The van der Waals surface area contributed by atoms with Crippen molar-refractivity contribution in [3.8, 4) is 17.2 Å². The molecule has 0 radical (unpaired) electrons. The molecule has 5 heteroatoms. The second kappa shape index (κ2) is 8.45. The Kier molecular flexibility index (Phi) is 5.58. The van der Waals surface area contributed by atoms with Crippen molar-refractivity contribution in [2.24, 2.45) is 0 Å². The zero-order valence-electron chi connectivity index (χ0n) is 17.1. The number of ether oxygens (including phenoxy) is 1. The van der Waals surface area contributed by atoms with Crippen LogP contribution in [0.2, 0.25) is 0 Å². The zero-order chi connectivity index (χ0) is 20.2. The first kappa shape index (κ1) is 19.2. The highest BCUT2D eigenvalue weighted by Gasteiger charge is 2.16. The summed E-state index contributed by atoms with van der Waals surface area (Å²) in [6.45, 7) is 6.06. The average molecular weight is 387 g/mol. The molecule has 0 N–H and O–H groups in total. The van der Waals surface area contributed by atoms with E-state index in [2.05, 4.69) is 41.2 Å². The van der Waals surface area contributed by atoms with Crippen molar-refractivity contribution >= 4 is 10.8 Å². The highest BCUT2D eigenvalue weighted by atomic mass is 16.5. The van der Waals surface area contributed by atoms with Gasteiger partial charge in [0.2, 0.25) is 5.89 Å². The molecule has 5 nitrogen and oxygen atoms in total. The van der Waals surface area contributed by atoms with Gasteiger partial charge in [-0.1, -0.05) is 30.3 Å². The van der Waals surface area contributed by atoms with Crippen molar-refractivity contribution in [3.05, 3.63) is 77.9 Å². The number of aromatic nitrogens is 2. The van der Waals surface area contributed by atoms with Crippen molar-refractivity contribution in [3.63, 3.8) is 0 Å².